The molecular formula is C24H23N5O4. The molecule has 9 heteroatoms. The summed E-state index contributed by atoms with van der Waals surface area (Å²) in [4.78, 5) is 33.1. The van der Waals surface area contributed by atoms with Crippen molar-refractivity contribution >= 4 is 22.9 Å². The lowest BCUT2D eigenvalue weighted by Crippen LogP contribution is -2.28. The van der Waals surface area contributed by atoms with Crippen molar-refractivity contribution in [3.05, 3.63) is 77.0 Å². The van der Waals surface area contributed by atoms with Crippen molar-refractivity contribution in [3.8, 4) is 11.3 Å². The number of nitrogens with one attached hydrogen (secondary N) is 1. The highest BCUT2D eigenvalue weighted by Gasteiger charge is 2.15. The fourth-order valence-corrected chi connectivity index (χ4v) is 4.05. The number of pyridine rings is 1. The topological polar surface area (TPSA) is 111 Å². The summed E-state index contributed by atoms with van der Waals surface area (Å²) in [5.74, 6) is 0.540. The van der Waals surface area contributed by atoms with Gasteiger partial charge in [-0.2, -0.15) is 0 Å². The molecule has 4 aromatic rings. The van der Waals surface area contributed by atoms with Gasteiger partial charge in [-0.25, -0.2) is 14.8 Å². The fraction of sp³-hybridized carbons (Fsp3) is 0.250. The van der Waals surface area contributed by atoms with Gasteiger partial charge in [-0.1, -0.05) is 12.1 Å². The molecule has 3 aromatic heterocycles. The summed E-state index contributed by atoms with van der Waals surface area (Å²) in [7, 11) is 0. The molecule has 4 heterocycles. The predicted octanol–water partition coefficient (Wildman–Crippen LogP) is 3.43. The van der Waals surface area contributed by atoms with E-state index in [4.69, 9.17) is 4.74 Å². The number of hydrogen-bond acceptors (Lipinski definition) is 6. The van der Waals surface area contributed by atoms with E-state index in [0.717, 1.165) is 37.0 Å². The lowest BCUT2D eigenvalue weighted by molar-refractivity contribution is 0.0903. The molecule has 1 fully saturated rings. The van der Waals surface area contributed by atoms with E-state index in [1.54, 1.807) is 41.2 Å². The van der Waals surface area contributed by atoms with Gasteiger partial charge >= 0.3 is 6.09 Å². The third-order valence-electron chi connectivity index (χ3n) is 5.82. The Hall–Kier alpha value is -3.98. The molecular weight excluding hydrogens is 422 g/mol. The average molecular weight is 445 g/mol. The van der Waals surface area contributed by atoms with Crippen molar-refractivity contribution in [3.63, 3.8) is 0 Å². The Labute approximate surface area is 189 Å². The van der Waals surface area contributed by atoms with E-state index in [1.807, 2.05) is 18.2 Å². The molecule has 9 nitrogen and oxygen atoms in total. The molecule has 0 unspecified atom stereocenters. The first-order valence-electron chi connectivity index (χ1n) is 10.8. The van der Waals surface area contributed by atoms with Crippen molar-refractivity contribution in [2.24, 2.45) is 0 Å². The Morgan fingerprint density at radius 1 is 1.12 bits per heavy atom. The summed E-state index contributed by atoms with van der Waals surface area (Å²) in [6.07, 6.45) is 5.71. The van der Waals surface area contributed by atoms with Crippen LogP contribution in [0.25, 0.3) is 22.2 Å². The van der Waals surface area contributed by atoms with Gasteiger partial charge in [0.25, 0.3) is 5.56 Å². The smallest absolute Gasteiger partial charge is 0.415 e. The maximum atomic E-state index is 12.8. The van der Waals surface area contributed by atoms with Crippen LogP contribution in [0.2, 0.25) is 0 Å². The van der Waals surface area contributed by atoms with Crippen LogP contribution in [0.15, 0.2) is 65.8 Å². The second-order valence-electron chi connectivity index (χ2n) is 8.04. The van der Waals surface area contributed by atoms with Gasteiger partial charge in [0.2, 0.25) is 5.95 Å². The molecule has 168 valence electrons. The second-order valence-corrected chi connectivity index (χ2v) is 8.04. The van der Waals surface area contributed by atoms with Crippen molar-refractivity contribution in [1.29, 1.82) is 0 Å². The van der Waals surface area contributed by atoms with Crippen LogP contribution in [0, 0.1) is 0 Å². The van der Waals surface area contributed by atoms with Crippen LogP contribution in [0.1, 0.15) is 18.4 Å². The van der Waals surface area contributed by atoms with Crippen LogP contribution in [-0.2, 0) is 11.3 Å². The van der Waals surface area contributed by atoms with Gasteiger partial charge in [0.05, 0.1) is 17.8 Å². The highest BCUT2D eigenvalue weighted by molar-refractivity contribution is 5.89. The highest BCUT2D eigenvalue weighted by Crippen LogP contribution is 2.20. The van der Waals surface area contributed by atoms with Crippen LogP contribution in [0.4, 0.5) is 10.7 Å². The van der Waals surface area contributed by atoms with Gasteiger partial charge in [0.1, 0.15) is 0 Å². The van der Waals surface area contributed by atoms with E-state index in [0.29, 0.717) is 29.3 Å². The third-order valence-corrected chi connectivity index (χ3v) is 5.82. The van der Waals surface area contributed by atoms with E-state index >= 15 is 0 Å². The zero-order valence-corrected chi connectivity index (χ0v) is 17.8. The Balaban J connectivity index is 1.36. The minimum Gasteiger partial charge on any atom is -0.464 e. The number of carboxylic acid groups (broad SMARTS) is 1. The van der Waals surface area contributed by atoms with Crippen LogP contribution in [0.5, 0.6) is 0 Å². The molecule has 0 atom stereocenters. The van der Waals surface area contributed by atoms with E-state index in [1.165, 1.54) is 10.8 Å². The minimum atomic E-state index is -1.04. The molecule has 2 N–H and O–H groups in total. The minimum absolute atomic E-state index is 0.168. The Morgan fingerprint density at radius 2 is 1.97 bits per heavy atom. The summed E-state index contributed by atoms with van der Waals surface area (Å²) in [5, 5.41) is 13.5. The number of anilines is 1. The molecule has 0 spiro atoms. The number of aromatic nitrogens is 4. The van der Waals surface area contributed by atoms with Crippen LogP contribution >= 0.6 is 0 Å². The quantitative estimate of drug-likeness (QED) is 0.484. The van der Waals surface area contributed by atoms with Crippen LogP contribution < -0.4 is 10.9 Å². The maximum absolute atomic E-state index is 12.8. The molecule has 0 radical (unpaired) electrons. The summed E-state index contributed by atoms with van der Waals surface area (Å²) in [6.45, 7) is 1.79. The lowest BCUT2D eigenvalue weighted by Gasteiger charge is -2.23. The maximum Gasteiger partial charge on any atom is 0.415 e. The lowest BCUT2D eigenvalue weighted by atomic mass is 10.1. The summed E-state index contributed by atoms with van der Waals surface area (Å²) < 4.78 is 8.14. The number of nitrogens with zero attached hydrogens (tertiary/aromatic N) is 4. The predicted molar refractivity (Wildman–Crippen MR) is 124 cm³/mol. The SMILES string of the molecule is O=C(O)n1ccc2ccc(Cn3ccc(-c4ccnc(NC5CCOCC5)n4)cc3=O)cc21. The average Bonchev–Trinajstić information content (AvgIpc) is 3.25. The zero-order valence-electron chi connectivity index (χ0n) is 17.8. The van der Waals surface area contributed by atoms with E-state index in [2.05, 4.69) is 15.3 Å². The Bertz CT molecular complexity index is 1370. The van der Waals surface area contributed by atoms with Gasteiger partial charge in [-0.05, 0) is 42.7 Å². The number of carbonyl (C=O) groups is 1. The van der Waals surface area contributed by atoms with E-state index in [-0.39, 0.29) is 11.6 Å². The van der Waals surface area contributed by atoms with Gasteiger partial charge in [0.15, 0.2) is 0 Å². The van der Waals surface area contributed by atoms with Crippen molar-refractivity contribution in [2.45, 2.75) is 25.4 Å². The molecule has 5 rings (SSSR count). The Morgan fingerprint density at radius 3 is 2.76 bits per heavy atom. The van der Waals surface area contributed by atoms with Gasteiger partial charge in [-0.15, -0.1) is 0 Å². The normalized spacial score (nSPS) is 14.4. The van der Waals surface area contributed by atoms with Crippen molar-refractivity contribution < 1.29 is 14.6 Å². The summed E-state index contributed by atoms with van der Waals surface area (Å²) in [6, 6.07) is 12.8. The molecule has 0 saturated carbocycles. The second kappa shape index (κ2) is 8.87. The monoisotopic (exact) mass is 445 g/mol. The van der Waals surface area contributed by atoms with E-state index < -0.39 is 6.09 Å². The number of hydrogen-bond donors (Lipinski definition) is 2. The highest BCUT2D eigenvalue weighted by atomic mass is 16.5. The van der Waals surface area contributed by atoms with Gasteiger partial charge in [0, 0.05) is 54.9 Å². The van der Waals surface area contributed by atoms with Crippen molar-refractivity contribution in [1.82, 2.24) is 19.1 Å². The standard InChI is InChI=1S/C24H23N5O4/c30-22-14-18(20-3-8-25-23(27-20)26-19-6-11-33-12-7-19)4-9-28(22)15-16-1-2-17-5-10-29(24(31)32)21(17)13-16/h1-5,8-10,13-14,19H,6-7,11-12,15H2,(H,31,32)(H,25,26,27). The number of benzene rings is 1. The van der Waals surface area contributed by atoms with Gasteiger partial charge in [-0.3, -0.25) is 9.36 Å². The summed E-state index contributed by atoms with van der Waals surface area (Å²) in [5.41, 5.74) is 2.64. The molecule has 1 aliphatic rings. The van der Waals surface area contributed by atoms with Crippen LogP contribution in [0.3, 0.4) is 0 Å². The molecule has 0 bridgehead atoms. The first kappa shape index (κ1) is 20.9. The molecule has 33 heavy (non-hydrogen) atoms. The molecule has 1 aromatic carbocycles. The molecule has 0 amide bonds. The Kier molecular flexibility index (Phi) is 5.62. The van der Waals surface area contributed by atoms with Crippen molar-refractivity contribution in [2.75, 3.05) is 18.5 Å². The number of fused-ring (bicyclic) bond motifs is 1. The zero-order chi connectivity index (χ0) is 22.8. The fourth-order valence-electron chi connectivity index (χ4n) is 4.05. The van der Waals surface area contributed by atoms with Gasteiger partial charge < -0.3 is 19.7 Å². The molecule has 1 saturated heterocycles. The molecule has 0 aliphatic carbocycles. The summed E-state index contributed by atoms with van der Waals surface area (Å²) >= 11 is 0. The number of ether oxygens (including phenoxy) is 1. The first-order valence-corrected chi connectivity index (χ1v) is 10.8. The van der Waals surface area contributed by atoms with E-state index in [9.17, 15) is 14.7 Å². The number of rotatable bonds is 5. The van der Waals surface area contributed by atoms with Crippen LogP contribution in [-0.4, -0.2) is 49.6 Å². The largest absolute Gasteiger partial charge is 0.464 e. The third kappa shape index (κ3) is 4.49. The molecule has 1 aliphatic heterocycles. The first-order chi connectivity index (χ1) is 16.1.